The molecule has 0 bridgehead atoms. The normalized spacial score (nSPS) is 11.2. The van der Waals surface area contributed by atoms with E-state index in [-0.39, 0.29) is 0 Å². The van der Waals surface area contributed by atoms with Gasteiger partial charge in [0, 0.05) is 5.39 Å². The Morgan fingerprint density at radius 1 is 0.842 bits per heavy atom. The van der Waals surface area contributed by atoms with E-state index < -0.39 is 0 Å². The van der Waals surface area contributed by atoms with Crippen molar-refractivity contribution in [1.29, 1.82) is 0 Å². The third-order valence-corrected chi connectivity index (χ3v) is 3.11. The van der Waals surface area contributed by atoms with Crippen molar-refractivity contribution >= 4 is 23.1 Å². The third kappa shape index (κ3) is 2.71. The highest BCUT2D eigenvalue weighted by atomic mass is 14.7. The van der Waals surface area contributed by atoms with Gasteiger partial charge in [-0.05, 0) is 30.7 Å². The van der Waals surface area contributed by atoms with Gasteiger partial charge in [-0.1, -0.05) is 60.2 Å². The van der Waals surface area contributed by atoms with Gasteiger partial charge in [-0.2, -0.15) is 0 Å². The fourth-order valence-corrected chi connectivity index (χ4v) is 2.13. The third-order valence-electron chi connectivity index (χ3n) is 3.11. The summed E-state index contributed by atoms with van der Waals surface area (Å²) in [6.07, 6.45) is 4.16. The van der Waals surface area contributed by atoms with Gasteiger partial charge in [0.2, 0.25) is 0 Å². The summed E-state index contributed by atoms with van der Waals surface area (Å²) in [6, 6.07) is 20.8. The molecule has 0 spiro atoms. The Bertz CT molecular complexity index is 741. The van der Waals surface area contributed by atoms with Gasteiger partial charge < -0.3 is 0 Å². The second-order valence-electron chi connectivity index (χ2n) is 4.68. The lowest BCUT2D eigenvalue weighted by Crippen LogP contribution is -1.82. The van der Waals surface area contributed by atoms with Crippen molar-refractivity contribution in [2.45, 2.75) is 6.92 Å². The number of para-hydroxylation sites is 1. The van der Waals surface area contributed by atoms with Gasteiger partial charge in [-0.15, -0.1) is 0 Å². The van der Waals surface area contributed by atoms with Crippen LogP contribution in [0.15, 0.2) is 60.7 Å². The summed E-state index contributed by atoms with van der Waals surface area (Å²) in [5.41, 5.74) is 4.50. The monoisotopic (exact) mass is 245 g/mol. The van der Waals surface area contributed by atoms with Crippen molar-refractivity contribution in [3.05, 3.63) is 77.5 Å². The average molecular weight is 245 g/mol. The summed E-state index contributed by atoms with van der Waals surface area (Å²) >= 11 is 0. The van der Waals surface area contributed by atoms with Crippen molar-refractivity contribution in [3.63, 3.8) is 0 Å². The predicted octanol–water partition coefficient (Wildman–Crippen LogP) is 4.71. The van der Waals surface area contributed by atoms with E-state index in [2.05, 4.69) is 66.5 Å². The first-order chi connectivity index (χ1) is 9.31. The van der Waals surface area contributed by atoms with Crippen molar-refractivity contribution in [2.24, 2.45) is 0 Å². The van der Waals surface area contributed by atoms with E-state index in [4.69, 9.17) is 0 Å². The zero-order valence-electron chi connectivity index (χ0n) is 10.9. The molecule has 0 aliphatic rings. The van der Waals surface area contributed by atoms with Crippen LogP contribution in [0.5, 0.6) is 0 Å². The van der Waals surface area contributed by atoms with Crippen LogP contribution in [0.1, 0.15) is 16.8 Å². The highest BCUT2D eigenvalue weighted by molar-refractivity contribution is 5.80. The molecule has 1 heterocycles. The zero-order valence-corrected chi connectivity index (χ0v) is 10.9. The lowest BCUT2D eigenvalue weighted by atomic mass is 10.1. The van der Waals surface area contributed by atoms with Crippen LogP contribution in [0.25, 0.3) is 23.1 Å². The maximum absolute atomic E-state index is 4.63. The number of aryl methyl sites for hydroxylation is 1. The Morgan fingerprint density at radius 2 is 1.74 bits per heavy atom. The first-order valence-electron chi connectivity index (χ1n) is 6.42. The number of benzene rings is 2. The Kier molecular flexibility index (Phi) is 3.11. The quantitative estimate of drug-likeness (QED) is 0.637. The van der Waals surface area contributed by atoms with E-state index in [1.807, 2.05) is 18.2 Å². The van der Waals surface area contributed by atoms with Crippen LogP contribution < -0.4 is 0 Å². The van der Waals surface area contributed by atoms with Gasteiger partial charge in [0.25, 0.3) is 0 Å². The molecule has 92 valence electrons. The molecular formula is C18H15N. The molecule has 3 aromatic rings. The maximum Gasteiger partial charge on any atom is 0.0709 e. The van der Waals surface area contributed by atoms with E-state index in [1.54, 1.807) is 0 Å². The molecule has 0 atom stereocenters. The Balaban J connectivity index is 1.92. The van der Waals surface area contributed by atoms with E-state index in [0.717, 1.165) is 11.2 Å². The molecule has 3 rings (SSSR count). The Morgan fingerprint density at radius 3 is 2.63 bits per heavy atom. The van der Waals surface area contributed by atoms with Crippen LogP contribution in [0, 0.1) is 6.92 Å². The van der Waals surface area contributed by atoms with Crippen molar-refractivity contribution in [3.8, 4) is 0 Å². The average Bonchev–Trinajstić information content (AvgIpc) is 2.45. The molecule has 0 N–H and O–H groups in total. The molecule has 19 heavy (non-hydrogen) atoms. The van der Waals surface area contributed by atoms with Gasteiger partial charge in [0.05, 0.1) is 11.2 Å². The predicted molar refractivity (Wildman–Crippen MR) is 81.9 cm³/mol. The SMILES string of the molecule is Cc1cccc(C=Cc2ccc3ccccc3n2)c1. The Hall–Kier alpha value is -2.41. The first-order valence-corrected chi connectivity index (χ1v) is 6.42. The molecule has 1 heteroatoms. The lowest BCUT2D eigenvalue weighted by molar-refractivity contribution is 1.37. The summed E-state index contributed by atoms with van der Waals surface area (Å²) in [5.74, 6) is 0. The standard InChI is InChI=1S/C18H15N/c1-14-5-4-6-15(13-14)9-11-17-12-10-16-7-2-3-8-18(16)19-17/h2-13H,1H3. The Labute approximate surface area is 113 Å². The molecule has 1 aromatic heterocycles. The number of hydrogen-bond acceptors (Lipinski definition) is 1. The van der Waals surface area contributed by atoms with E-state index in [0.29, 0.717) is 0 Å². The zero-order chi connectivity index (χ0) is 13.1. The largest absolute Gasteiger partial charge is 0.248 e. The minimum absolute atomic E-state index is 0.986. The molecule has 0 aliphatic heterocycles. The fraction of sp³-hybridized carbons (Fsp3) is 0.0556. The molecule has 0 aliphatic carbocycles. The van der Waals surface area contributed by atoms with Crippen LogP contribution in [0.2, 0.25) is 0 Å². The number of pyridine rings is 1. The van der Waals surface area contributed by atoms with Crippen molar-refractivity contribution in [1.82, 2.24) is 4.98 Å². The number of hydrogen-bond donors (Lipinski definition) is 0. The molecule has 2 aromatic carbocycles. The van der Waals surface area contributed by atoms with Crippen LogP contribution in [0.3, 0.4) is 0 Å². The van der Waals surface area contributed by atoms with Crippen LogP contribution in [-0.2, 0) is 0 Å². The molecule has 0 radical (unpaired) electrons. The van der Waals surface area contributed by atoms with E-state index in [1.165, 1.54) is 16.5 Å². The highest BCUT2D eigenvalue weighted by Crippen LogP contribution is 2.14. The van der Waals surface area contributed by atoms with Gasteiger partial charge in [0.1, 0.15) is 0 Å². The molecule has 0 fully saturated rings. The summed E-state index contributed by atoms with van der Waals surface area (Å²) in [6.45, 7) is 2.10. The second-order valence-corrected chi connectivity index (χ2v) is 4.68. The molecular weight excluding hydrogens is 230 g/mol. The van der Waals surface area contributed by atoms with E-state index in [9.17, 15) is 0 Å². The minimum atomic E-state index is 0.986. The van der Waals surface area contributed by atoms with Gasteiger partial charge in [-0.25, -0.2) is 4.98 Å². The number of nitrogens with zero attached hydrogens (tertiary/aromatic N) is 1. The number of fused-ring (bicyclic) bond motifs is 1. The molecule has 0 unspecified atom stereocenters. The van der Waals surface area contributed by atoms with Crippen molar-refractivity contribution < 1.29 is 0 Å². The summed E-state index contributed by atoms with van der Waals surface area (Å²) in [4.78, 5) is 4.63. The fourth-order valence-electron chi connectivity index (χ4n) is 2.13. The number of aromatic nitrogens is 1. The van der Waals surface area contributed by atoms with E-state index >= 15 is 0 Å². The maximum atomic E-state index is 4.63. The van der Waals surface area contributed by atoms with Crippen LogP contribution in [-0.4, -0.2) is 4.98 Å². The smallest absolute Gasteiger partial charge is 0.0709 e. The number of rotatable bonds is 2. The molecule has 0 saturated heterocycles. The molecule has 0 saturated carbocycles. The van der Waals surface area contributed by atoms with Crippen LogP contribution >= 0.6 is 0 Å². The minimum Gasteiger partial charge on any atom is -0.248 e. The first kappa shape index (κ1) is 11.7. The topological polar surface area (TPSA) is 12.9 Å². The summed E-state index contributed by atoms with van der Waals surface area (Å²) in [5, 5.41) is 1.18. The van der Waals surface area contributed by atoms with Gasteiger partial charge in [-0.3, -0.25) is 0 Å². The van der Waals surface area contributed by atoms with Crippen molar-refractivity contribution in [2.75, 3.05) is 0 Å². The van der Waals surface area contributed by atoms with Crippen LogP contribution in [0.4, 0.5) is 0 Å². The summed E-state index contributed by atoms with van der Waals surface area (Å²) in [7, 11) is 0. The summed E-state index contributed by atoms with van der Waals surface area (Å²) < 4.78 is 0. The molecule has 1 nitrogen and oxygen atoms in total. The highest BCUT2D eigenvalue weighted by Gasteiger charge is 1.94. The van der Waals surface area contributed by atoms with Gasteiger partial charge >= 0.3 is 0 Å². The second kappa shape index (κ2) is 5.07. The lowest BCUT2D eigenvalue weighted by Gasteiger charge is -1.99. The molecule has 0 amide bonds. The van der Waals surface area contributed by atoms with Gasteiger partial charge in [0.15, 0.2) is 0 Å².